The van der Waals surface area contributed by atoms with Gasteiger partial charge in [-0.05, 0) is 39.0 Å². The predicted octanol–water partition coefficient (Wildman–Crippen LogP) is 2.83. The summed E-state index contributed by atoms with van der Waals surface area (Å²) in [4.78, 5) is 13.5. The maximum atomic E-state index is 12.2. The standard InChI is InChI=1S/C13H17ClN2O3/c1-13(2,3)19-12(18)16-7-11(17)15-9-5-4-8(14)6-10(9)16/h4-6,11,15,17H,7H2,1-3H3/t11-/m0/s1. The maximum absolute atomic E-state index is 12.2. The number of hydrogen-bond acceptors (Lipinski definition) is 4. The molecule has 0 unspecified atom stereocenters. The first-order valence-electron chi connectivity index (χ1n) is 6.01. The van der Waals surface area contributed by atoms with Crippen molar-refractivity contribution in [3.05, 3.63) is 23.2 Å². The molecule has 1 atom stereocenters. The van der Waals surface area contributed by atoms with Crippen molar-refractivity contribution in [1.82, 2.24) is 0 Å². The van der Waals surface area contributed by atoms with Gasteiger partial charge in [0, 0.05) is 5.02 Å². The van der Waals surface area contributed by atoms with Gasteiger partial charge in [0.05, 0.1) is 17.9 Å². The molecule has 2 rings (SSSR count). The van der Waals surface area contributed by atoms with Crippen molar-refractivity contribution in [3.63, 3.8) is 0 Å². The fourth-order valence-electron chi connectivity index (χ4n) is 1.84. The summed E-state index contributed by atoms with van der Waals surface area (Å²) in [5, 5.41) is 13.2. The summed E-state index contributed by atoms with van der Waals surface area (Å²) in [6.45, 7) is 5.50. The number of nitrogens with one attached hydrogen (secondary N) is 1. The number of halogens is 1. The molecular formula is C13H17ClN2O3. The summed E-state index contributed by atoms with van der Waals surface area (Å²) >= 11 is 5.95. The number of hydrogen-bond donors (Lipinski definition) is 2. The second-order valence-electron chi connectivity index (χ2n) is 5.41. The first-order chi connectivity index (χ1) is 8.76. The molecule has 0 aromatic heterocycles. The minimum absolute atomic E-state index is 0.113. The monoisotopic (exact) mass is 284 g/mol. The smallest absolute Gasteiger partial charge is 0.415 e. The van der Waals surface area contributed by atoms with E-state index in [1.807, 2.05) is 0 Å². The summed E-state index contributed by atoms with van der Waals surface area (Å²) in [6.07, 6.45) is -1.34. The van der Waals surface area contributed by atoms with Gasteiger partial charge in [0.15, 0.2) is 0 Å². The van der Waals surface area contributed by atoms with Gasteiger partial charge in [-0.3, -0.25) is 4.90 Å². The molecule has 0 fully saturated rings. The third-order valence-corrected chi connectivity index (χ3v) is 2.78. The molecule has 19 heavy (non-hydrogen) atoms. The van der Waals surface area contributed by atoms with Crippen LogP contribution in [0.4, 0.5) is 16.2 Å². The van der Waals surface area contributed by atoms with Crippen molar-refractivity contribution in [1.29, 1.82) is 0 Å². The highest BCUT2D eigenvalue weighted by Crippen LogP contribution is 2.33. The second kappa shape index (κ2) is 4.90. The van der Waals surface area contributed by atoms with Gasteiger partial charge in [0.25, 0.3) is 0 Å². The molecule has 0 radical (unpaired) electrons. The number of rotatable bonds is 0. The number of amides is 1. The van der Waals surface area contributed by atoms with E-state index in [-0.39, 0.29) is 6.54 Å². The van der Waals surface area contributed by atoms with Crippen LogP contribution in [0.5, 0.6) is 0 Å². The molecule has 5 nitrogen and oxygen atoms in total. The van der Waals surface area contributed by atoms with Gasteiger partial charge in [0.1, 0.15) is 11.8 Å². The summed E-state index contributed by atoms with van der Waals surface area (Å²) in [7, 11) is 0. The molecule has 104 valence electrons. The average Bonchev–Trinajstić information content (AvgIpc) is 2.26. The number of β-amino-alcohol motifs (C(OH)–C–C–N with tert-alkyl or cyclic N) is 1. The van der Waals surface area contributed by atoms with Crippen molar-refractivity contribution >= 4 is 29.1 Å². The van der Waals surface area contributed by atoms with E-state index in [1.165, 1.54) is 4.90 Å². The van der Waals surface area contributed by atoms with Gasteiger partial charge < -0.3 is 15.2 Å². The number of benzene rings is 1. The highest BCUT2D eigenvalue weighted by molar-refractivity contribution is 6.31. The largest absolute Gasteiger partial charge is 0.443 e. The molecule has 0 bridgehead atoms. The second-order valence-corrected chi connectivity index (χ2v) is 5.85. The van der Waals surface area contributed by atoms with Crippen molar-refractivity contribution < 1.29 is 14.6 Å². The molecule has 1 aliphatic heterocycles. The van der Waals surface area contributed by atoms with Crippen LogP contribution in [-0.2, 0) is 4.74 Å². The van der Waals surface area contributed by atoms with Crippen molar-refractivity contribution in [2.24, 2.45) is 0 Å². The number of fused-ring (bicyclic) bond motifs is 1. The molecule has 1 heterocycles. The summed E-state index contributed by atoms with van der Waals surface area (Å²) in [5.41, 5.74) is 0.659. The van der Waals surface area contributed by atoms with Crippen molar-refractivity contribution in [2.45, 2.75) is 32.6 Å². The van der Waals surface area contributed by atoms with Crippen LogP contribution in [0.3, 0.4) is 0 Å². The normalized spacial score (nSPS) is 18.6. The number of carbonyl (C=O) groups excluding carboxylic acids is 1. The third-order valence-electron chi connectivity index (χ3n) is 2.54. The lowest BCUT2D eigenvalue weighted by Gasteiger charge is -2.34. The lowest BCUT2D eigenvalue weighted by atomic mass is 10.2. The van der Waals surface area contributed by atoms with Gasteiger partial charge >= 0.3 is 6.09 Å². The number of aliphatic hydroxyl groups excluding tert-OH is 1. The van der Waals surface area contributed by atoms with Gasteiger partial charge in [0.2, 0.25) is 0 Å². The third kappa shape index (κ3) is 3.30. The lowest BCUT2D eigenvalue weighted by Crippen LogP contribution is -2.46. The molecule has 1 aromatic carbocycles. The Balaban J connectivity index is 2.32. The first kappa shape index (κ1) is 14.0. The molecule has 0 saturated heterocycles. The lowest BCUT2D eigenvalue weighted by molar-refractivity contribution is 0.0558. The number of ether oxygens (including phenoxy) is 1. The quantitative estimate of drug-likeness (QED) is 0.769. The van der Waals surface area contributed by atoms with E-state index in [0.717, 1.165) is 0 Å². The van der Waals surface area contributed by atoms with Gasteiger partial charge in [-0.1, -0.05) is 11.6 Å². The van der Waals surface area contributed by atoms with Gasteiger partial charge in [-0.15, -0.1) is 0 Å². The SMILES string of the molecule is CC(C)(C)OC(=O)N1C[C@H](O)Nc2ccc(Cl)cc21. The van der Waals surface area contributed by atoms with Gasteiger partial charge in [-0.2, -0.15) is 0 Å². The van der Waals surface area contributed by atoms with Crippen LogP contribution in [0, 0.1) is 0 Å². The number of nitrogens with zero attached hydrogens (tertiary/aromatic N) is 1. The maximum Gasteiger partial charge on any atom is 0.415 e. The van der Waals surface area contributed by atoms with E-state index in [0.29, 0.717) is 16.4 Å². The van der Waals surface area contributed by atoms with Crippen LogP contribution in [0.1, 0.15) is 20.8 Å². The molecule has 0 saturated carbocycles. The molecule has 0 aliphatic carbocycles. The number of aliphatic hydroxyl groups is 1. The van der Waals surface area contributed by atoms with Crippen LogP contribution in [0.25, 0.3) is 0 Å². The van der Waals surface area contributed by atoms with Crippen LogP contribution < -0.4 is 10.2 Å². The van der Waals surface area contributed by atoms with Crippen LogP contribution in [0.2, 0.25) is 5.02 Å². The highest BCUT2D eigenvalue weighted by atomic mass is 35.5. The van der Waals surface area contributed by atoms with Crippen LogP contribution in [0.15, 0.2) is 18.2 Å². The molecule has 1 amide bonds. The number of carbonyl (C=O) groups is 1. The summed E-state index contributed by atoms with van der Waals surface area (Å²) in [6, 6.07) is 5.08. The van der Waals surface area contributed by atoms with E-state index < -0.39 is 17.9 Å². The van der Waals surface area contributed by atoms with E-state index >= 15 is 0 Å². The Labute approximate surface area is 117 Å². The molecule has 0 spiro atoms. The Morgan fingerprint density at radius 1 is 1.53 bits per heavy atom. The summed E-state index contributed by atoms with van der Waals surface area (Å²) < 4.78 is 5.33. The Morgan fingerprint density at radius 3 is 2.84 bits per heavy atom. The zero-order chi connectivity index (χ0) is 14.2. The molecule has 6 heteroatoms. The summed E-state index contributed by atoms with van der Waals surface area (Å²) in [5.74, 6) is 0. The molecule has 1 aromatic rings. The van der Waals surface area contributed by atoms with E-state index in [4.69, 9.17) is 16.3 Å². The topological polar surface area (TPSA) is 61.8 Å². The van der Waals surface area contributed by atoms with E-state index in [2.05, 4.69) is 5.32 Å². The van der Waals surface area contributed by atoms with Crippen molar-refractivity contribution in [3.8, 4) is 0 Å². The Morgan fingerprint density at radius 2 is 2.21 bits per heavy atom. The molecular weight excluding hydrogens is 268 g/mol. The highest BCUT2D eigenvalue weighted by Gasteiger charge is 2.30. The van der Waals surface area contributed by atoms with E-state index in [1.54, 1.807) is 39.0 Å². The molecule has 1 aliphatic rings. The van der Waals surface area contributed by atoms with Crippen LogP contribution in [-0.4, -0.2) is 29.6 Å². The predicted molar refractivity (Wildman–Crippen MR) is 74.7 cm³/mol. The molecule has 2 N–H and O–H groups in total. The minimum Gasteiger partial charge on any atom is -0.443 e. The minimum atomic E-state index is -0.832. The average molecular weight is 285 g/mol. The van der Waals surface area contributed by atoms with E-state index in [9.17, 15) is 9.90 Å². The van der Waals surface area contributed by atoms with Gasteiger partial charge in [-0.25, -0.2) is 4.79 Å². The Bertz CT molecular complexity index is 499. The zero-order valence-electron chi connectivity index (χ0n) is 11.1. The fraction of sp³-hybridized carbons (Fsp3) is 0.462. The number of anilines is 2. The van der Waals surface area contributed by atoms with Crippen LogP contribution >= 0.6 is 11.6 Å². The Kier molecular flexibility index (Phi) is 3.60. The first-order valence-corrected chi connectivity index (χ1v) is 6.39. The van der Waals surface area contributed by atoms with Crippen molar-refractivity contribution in [2.75, 3.05) is 16.8 Å². The fourth-order valence-corrected chi connectivity index (χ4v) is 2.00. The zero-order valence-corrected chi connectivity index (χ0v) is 11.9. The Hall–Kier alpha value is -1.46.